The van der Waals surface area contributed by atoms with E-state index in [-0.39, 0.29) is 44.8 Å². The first-order valence-electron chi connectivity index (χ1n) is 9.43. The molecule has 4 aromatic rings. The van der Waals surface area contributed by atoms with Crippen LogP contribution in [0.1, 0.15) is 23.5 Å². The molecule has 1 unspecified atom stereocenters. The van der Waals surface area contributed by atoms with Crippen LogP contribution in [0.15, 0.2) is 68.8 Å². The highest BCUT2D eigenvalue weighted by molar-refractivity contribution is 7.12. The molecule has 2 aromatic heterocycles. The molecule has 0 amide bonds. The molecule has 5 rings (SSSR count). The van der Waals surface area contributed by atoms with E-state index in [0.29, 0.717) is 10.6 Å². The van der Waals surface area contributed by atoms with Crippen molar-refractivity contribution in [3.05, 3.63) is 95.8 Å². The zero-order valence-electron chi connectivity index (χ0n) is 16.1. The maximum atomic E-state index is 13.1. The summed E-state index contributed by atoms with van der Waals surface area (Å²) < 4.78 is 10.3. The zero-order chi connectivity index (χ0) is 22.4. The number of nitro benzene ring substituents is 1. The van der Waals surface area contributed by atoms with Crippen molar-refractivity contribution < 1.29 is 18.9 Å². The lowest BCUT2D eigenvalue weighted by atomic mass is 9.89. The second kappa shape index (κ2) is 7.50. The van der Waals surface area contributed by atoms with E-state index in [4.69, 9.17) is 9.15 Å². The standard InChI is InChI=1S/C22H12N2O7S/c25-17-9-14(15-10-30-16-8-12(24(28)29)6-7-13(16)19(15)26)18-20(31-17)23-21(32-22(18)27)11-4-2-1-3-5-11/h1-8,10,14H,9H2. The summed E-state index contributed by atoms with van der Waals surface area (Å²) in [4.78, 5) is 53.2. The number of aromatic nitrogens is 1. The van der Waals surface area contributed by atoms with Crippen LogP contribution in [-0.4, -0.2) is 15.9 Å². The maximum absolute atomic E-state index is 13.1. The number of carbonyl (C=O) groups excluding carboxylic acids is 1. The van der Waals surface area contributed by atoms with Crippen LogP contribution in [-0.2, 0) is 4.79 Å². The van der Waals surface area contributed by atoms with Gasteiger partial charge in [0.25, 0.3) is 5.69 Å². The maximum Gasteiger partial charge on any atom is 0.313 e. The number of benzene rings is 2. The number of rotatable bonds is 3. The molecule has 0 saturated heterocycles. The van der Waals surface area contributed by atoms with Gasteiger partial charge in [0.05, 0.1) is 34.6 Å². The van der Waals surface area contributed by atoms with E-state index in [1.54, 1.807) is 24.3 Å². The number of hydrogen-bond acceptors (Lipinski definition) is 9. The number of hydrogen-bond donors (Lipinski definition) is 0. The monoisotopic (exact) mass is 448 g/mol. The van der Waals surface area contributed by atoms with Crippen LogP contribution < -0.4 is 14.9 Å². The summed E-state index contributed by atoms with van der Waals surface area (Å²) in [5.41, 5.74) is 0.229. The number of non-ortho nitro benzene ring substituents is 1. The lowest BCUT2D eigenvalue weighted by Crippen LogP contribution is -2.29. The van der Waals surface area contributed by atoms with Crippen molar-refractivity contribution in [3.8, 4) is 16.5 Å². The first-order chi connectivity index (χ1) is 15.4. The molecule has 3 heterocycles. The lowest BCUT2D eigenvalue weighted by Gasteiger charge is -2.22. The summed E-state index contributed by atoms with van der Waals surface area (Å²) in [5, 5.41) is 11.5. The third-order valence-electron chi connectivity index (χ3n) is 5.16. The van der Waals surface area contributed by atoms with Gasteiger partial charge in [-0.3, -0.25) is 24.5 Å². The Morgan fingerprint density at radius 3 is 2.62 bits per heavy atom. The summed E-state index contributed by atoms with van der Waals surface area (Å²) in [6.07, 6.45) is 0.904. The number of esters is 1. The molecule has 0 fully saturated rings. The van der Waals surface area contributed by atoms with Gasteiger partial charge in [0, 0.05) is 23.1 Å². The molecule has 0 N–H and O–H groups in total. The van der Waals surface area contributed by atoms with Gasteiger partial charge in [-0.15, -0.1) is 0 Å². The molecule has 1 atom stereocenters. The predicted molar refractivity (Wildman–Crippen MR) is 115 cm³/mol. The average molecular weight is 448 g/mol. The lowest BCUT2D eigenvalue weighted by molar-refractivity contribution is -0.384. The molecule has 158 valence electrons. The Morgan fingerprint density at radius 2 is 1.88 bits per heavy atom. The van der Waals surface area contributed by atoms with Gasteiger partial charge in [0.15, 0.2) is 5.43 Å². The largest absolute Gasteiger partial charge is 0.464 e. The van der Waals surface area contributed by atoms with Crippen LogP contribution in [0, 0.1) is 10.1 Å². The number of nitro groups is 1. The number of fused-ring (bicyclic) bond motifs is 2. The summed E-state index contributed by atoms with van der Waals surface area (Å²) in [7, 11) is 0. The zero-order valence-corrected chi connectivity index (χ0v) is 17.0. The van der Waals surface area contributed by atoms with E-state index in [1.807, 2.05) is 6.07 Å². The van der Waals surface area contributed by atoms with Gasteiger partial charge in [-0.1, -0.05) is 41.7 Å². The molecule has 2 aromatic carbocycles. The quantitative estimate of drug-likeness (QED) is 0.264. The molecule has 10 heteroatoms. The Bertz CT molecular complexity index is 1530. The Hall–Kier alpha value is -4.18. The van der Waals surface area contributed by atoms with Crippen LogP contribution in [0.5, 0.6) is 5.88 Å². The third-order valence-corrected chi connectivity index (χ3v) is 6.09. The van der Waals surface area contributed by atoms with Gasteiger partial charge in [-0.25, -0.2) is 4.98 Å². The molecular formula is C22H12N2O7S. The molecule has 0 radical (unpaired) electrons. The first kappa shape index (κ1) is 19.8. The van der Waals surface area contributed by atoms with Gasteiger partial charge in [-0.05, 0) is 6.07 Å². The van der Waals surface area contributed by atoms with Crippen LogP contribution in [0.4, 0.5) is 5.69 Å². The average Bonchev–Trinajstić information content (AvgIpc) is 2.78. The van der Waals surface area contributed by atoms with E-state index in [0.717, 1.165) is 23.7 Å². The molecule has 9 nitrogen and oxygen atoms in total. The minimum absolute atomic E-state index is 0.0364. The SMILES string of the molecule is O=C1CC(c2coc3cc([N+](=O)[O-])ccc3c2=O)c2c(nc(-c3ccccc3)sc2=O)O1. The summed E-state index contributed by atoms with van der Waals surface area (Å²) >= 11 is 0.894. The Morgan fingerprint density at radius 1 is 1.09 bits per heavy atom. The summed E-state index contributed by atoms with van der Waals surface area (Å²) in [6.45, 7) is 0. The van der Waals surface area contributed by atoms with Gasteiger partial charge < -0.3 is 9.15 Å². The van der Waals surface area contributed by atoms with Crippen LogP contribution in [0.25, 0.3) is 21.5 Å². The van der Waals surface area contributed by atoms with Gasteiger partial charge in [0.2, 0.25) is 10.6 Å². The van der Waals surface area contributed by atoms with Crippen LogP contribution in [0.2, 0.25) is 0 Å². The fourth-order valence-electron chi connectivity index (χ4n) is 3.65. The van der Waals surface area contributed by atoms with E-state index in [9.17, 15) is 24.5 Å². The minimum atomic E-state index is -0.900. The first-order valence-corrected chi connectivity index (χ1v) is 10.2. The minimum Gasteiger partial charge on any atom is -0.464 e. The van der Waals surface area contributed by atoms with Crippen molar-refractivity contribution in [3.63, 3.8) is 0 Å². The molecule has 32 heavy (non-hydrogen) atoms. The summed E-state index contributed by atoms with van der Waals surface area (Å²) in [6, 6.07) is 12.6. The van der Waals surface area contributed by atoms with Crippen molar-refractivity contribution in [1.29, 1.82) is 0 Å². The van der Waals surface area contributed by atoms with E-state index in [1.165, 1.54) is 12.1 Å². The highest BCUT2D eigenvalue weighted by Gasteiger charge is 2.35. The van der Waals surface area contributed by atoms with E-state index < -0.39 is 22.2 Å². The second-order valence-corrected chi connectivity index (χ2v) is 8.04. The highest BCUT2D eigenvalue weighted by Crippen LogP contribution is 2.37. The Labute approximate surface area is 182 Å². The highest BCUT2D eigenvalue weighted by atomic mass is 32.1. The Kier molecular flexibility index (Phi) is 4.63. The molecule has 0 spiro atoms. The molecule has 0 aliphatic carbocycles. The number of nitrogens with zero attached hydrogens (tertiary/aromatic N) is 2. The van der Waals surface area contributed by atoms with Crippen molar-refractivity contribution in [1.82, 2.24) is 4.98 Å². The molecule has 1 aliphatic rings. The van der Waals surface area contributed by atoms with Crippen LogP contribution >= 0.6 is 11.3 Å². The van der Waals surface area contributed by atoms with Gasteiger partial charge >= 0.3 is 5.97 Å². The second-order valence-electron chi connectivity index (χ2n) is 7.08. The number of carbonyl (C=O) groups is 1. The van der Waals surface area contributed by atoms with Crippen molar-refractivity contribution in [2.45, 2.75) is 12.3 Å². The van der Waals surface area contributed by atoms with Crippen LogP contribution in [0.3, 0.4) is 0 Å². The van der Waals surface area contributed by atoms with Crippen molar-refractivity contribution >= 4 is 34.0 Å². The molecule has 1 aliphatic heterocycles. The van der Waals surface area contributed by atoms with E-state index in [2.05, 4.69) is 4.98 Å². The normalized spacial score (nSPS) is 15.2. The fourth-order valence-corrected chi connectivity index (χ4v) is 4.55. The molecular weight excluding hydrogens is 436 g/mol. The molecule has 0 bridgehead atoms. The predicted octanol–water partition coefficient (Wildman–Crippen LogP) is 3.63. The third kappa shape index (κ3) is 3.26. The molecule has 0 saturated carbocycles. The Balaban J connectivity index is 1.67. The summed E-state index contributed by atoms with van der Waals surface area (Å²) in [5.74, 6) is -1.66. The van der Waals surface area contributed by atoms with Crippen molar-refractivity contribution in [2.75, 3.05) is 0 Å². The van der Waals surface area contributed by atoms with E-state index >= 15 is 0 Å². The van der Waals surface area contributed by atoms with Crippen molar-refractivity contribution in [2.24, 2.45) is 0 Å². The van der Waals surface area contributed by atoms with Gasteiger partial charge in [-0.2, -0.15) is 0 Å². The van der Waals surface area contributed by atoms with Gasteiger partial charge in [0.1, 0.15) is 10.6 Å². The fraction of sp³-hybridized carbons (Fsp3) is 0.0909. The number of ether oxygens (including phenoxy) is 1. The topological polar surface area (TPSA) is 130 Å². The smallest absolute Gasteiger partial charge is 0.313 e.